The molecule has 36 heavy (non-hydrogen) atoms. The molecule has 0 aliphatic carbocycles. The number of likely N-dealkylation sites (tertiary alicyclic amines) is 1. The second-order valence-corrected chi connectivity index (χ2v) is 9.17. The van der Waals surface area contributed by atoms with Gasteiger partial charge in [0, 0.05) is 24.6 Å². The lowest BCUT2D eigenvalue weighted by atomic mass is 9.89. The SMILES string of the molecule is Cc1oc(-c2ccc3ccccc3c2)nc1CCCOC(=O)N1CC(C(=O)O)C(c2ccccc2)C1. The summed E-state index contributed by atoms with van der Waals surface area (Å²) in [5.74, 6) is -0.468. The van der Waals surface area contributed by atoms with Crippen LogP contribution in [0, 0.1) is 12.8 Å². The maximum Gasteiger partial charge on any atom is 0.409 e. The third-order valence-electron chi connectivity index (χ3n) is 6.80. The molecule has 1 N–H and O–H groups in total. The lowest BCUT2D eigenvalue weighted by molar-refractivity contribution is -0.141. The molecule has 0 radical (unpaired) electrons. The van der Waals surface area contributed by atoms with E-state index >= 15 is 0 Å². The van der Waals surface area contributed by atoms with Gasteiger partial charge in [0.15, 0.2) is 0 Å². The zero-order valence-corrected chi connectivity index (χ0v) is 20.1. The van der Waals surface area contributed by atoms with E-state index in [1.807, 2.05) is 55.5 Å². The van der Waals surface area contributed by atoms with Gasteiger partial charge in [0.25, 0.3) is 0 Å². The molecule has 3 aromatic carbocycles. The third-order valence-corrected chi connectivity index (χ3v) is 6.80. The van der Waals surface area contributed by atoms with Crippen molar-refractivity contribution in [1.29, 1.82) is 0 Å². The smallest absolute Gasteiger partial charge is 0.409 e. The molecule has 2 atom stereocenters. The van der Waals surface area contributed by atoms with Crippen LogP contribution in [0.4, 0.5) is 4.79 Å². The number of rotatable bonds is 7. The molecule has 1 saturated heterocycles. The van der Waals surface area contributed by atoms with Gasteiger partial charge in [-0.05, 0) is 48.2 Å². The van der Waals surface area contributed by atoms with Crippen LogP contribution in [0.3, 0.4) is 0 Å². The Morgan fingerprint density at radius 3 is 2.56 bits per heavy atom. The van der Waals surface area contributed by atoms with Crippen LogP contribution in [0.1, 0.15) is 29.4 Å². The van der Waals surface area contributed by atoms with Gasteiger partial charge < -0.3 is 19.2 Å². The number of hydrogen-bond acceptors (Lipinski definition) is 5. The van der Waals surface area contributed by atoms with E-state index in [1.54, 1.807) is 0 Å². The Hall–Kier alpha value is -4.13. The van der Waals surface area contributed by atoms with Gasteiger partial charge in [0.1, 0.15) is 5.76 Å². The van der Waals surface area contributed by atoms with Gasteiger partial charge in [-0.25, -0.2) is 9.78 Å². The Kier molecular flexibility index (Phi) is 6.71. The van der Waals surface area contributed by atoms with E-state index in [-0.39, 0.29) is 19.1 Å². The molecule has 2 unspecified atom stereocenters. The average Bonchev–Trinajstić information content (AvgIpc) is 3.51. The van der Waals surface area contributed by atoms with Crippen molar-refractivity contribution in [1.82, 2.24) is 9.88 Å². The number of ether oxygens (including phenoxy) is 1. The Bertz CT molecular complexity index is 1380. The number of fused-ring (bicyclic) bond motifs is 1. The molecule has 1 aliphatic rings. The quantitative estimate of drug-likeness (QED) is 0.340. The fourth-order valence-electron chi connectivity index (χ4n) is 4.84. The zero-order valence-electron chi connectivity index (χ0n) is 20.1. The number of amides is 1. The fourth-order valence-corrected chi connectivity index (χ4v) is 4.84. The summed E-state index contributed by atoms with van der Waals surface area (Å²) < 4.78 is 11.4. The number of carboxylic acid groups (broad SMARTS) is 1. The summed E-state index contributed by atoms with van der Waals surface area (Å²) in [7, 11) is 0. The summed E-state index contributed by atoms with van der Waals surface area (Å²) in [4.78, 5) is 30.6. The highest BCUT2D eigenvalue weighted by Gasteiger charge is 2.41. The van der Waals surface area contributed by atoms with Crippen molar-refractivity contribution < 1.29 is 23.8 Å². The van der Waals surface area contributed by atoms with E-state index in [1.165, 1.54) is 4.90 Å². The highest BCUT2D eigenvalue weighted by atomic mass is 16.6. The van der Waals surface area contributed by atoms with Gasteiger partial charge in [-0.15, -0.1) is 0 Å². The highest BCUT2D eigenvalue weighted by molar-refractivity contribution is 5.86. The van der Waals surface area contributed by atoms with Crippen molar-refractivity contribution >= 4 is 22.8 Å². The third kappa shape index (κ3) is 4.96. The maximum absolute atomic E-state index is 12.6. The van der Waals surface area contributed by atoms with Gasteiger partial charge >= 0.3 is 12.1 Å². The van der Waals surface area contributed by atoms with Crippen molar-refractivity contribution in [3.8, 4) is 11.5 Å². The van der Waals surface area contributed by atoms with E-state index in [0.29, 0.717) is 25.3 Å². The predicted molar refractivity (Wildman–Crippen MR) is 136 cm³/mol. The second kappa shape index (κ2) is 10.2. The molecule has 1 aliphatic heterocycles. The summed E-state index contributed by atoms with van der Waals surface area (Å²) >= 11 is 0. The molecule has 4 aromatic rings. The number of carboxylic acids is 1. The van der Waals surface area contributed by atoms with Crippen LogP contribution in [0.15, 0.2) is 77.2 Å². The van der Waals surface area contributed by atoms with Gasteiger partial charge in [-0.2, -0.15) is 0 Å². The number of carbonyl (C=O) groups excluding carboxylic acids is 1. The number of aliphatic carboxylic acids is 1. The molecular weight excluding hydrogens is 456 g/mol. The van der Waals surface area contributed by atoms with E-state index in [4.69, 9.17) is 9.15 Å². The Morgan fingerprint density at radius 2 is 1.78 bits per heavy atom. The van der Waals surface area contributed by atoms with E-state index in [0.717, 1.165) is 33.4 Å². The van der Waals surface area contributed by atoms with Crippen molar-refractivity contribution in [2.24, 2.45) is 5.92 Å². The summed E-state index contributed by atoms with van der Waals surface area (Å²) in [5.41, 5.74) is 2.68. The first-order valence-corrected chi connectivity index (χ1v) is 12.1. The largest absolute Gasteiger partial charge is 0.481 e. The summed E-state index contributed by atoms with van der Waals surface area (Å²) in [6.45, 7) is 2.59. The number of benzene rings is 3. The van der Waals surface area contributed by atoms with E-state index < -0.39 is 18.0 Å². The van der Waals surface area contributed by atoms with Crippen LogP contribution in [0.5, 0.6) is 0 Å². The standard InChI is InChI=1S/C29H28N2O5/c1-19-26(30-27(36-19)23-14-13-20-8-5-6-11-22(20)16-23)12-7-15-35-29(34)31-17-24(25(18-31)28(32)33)21-9-3-2-4-10-21/h2-6,8-11,13-14,16,24-25H,7,12,15,17-18H2,1H3,(H,32,33). The van der Waals surface area contributed by atoms with Crippen LogP contribution >= 0.6 is 0 Å². The number of nitrogens with zero attached hydrogens (tertiary/aromatic N) is 2. The Morgan fingerprint density at radius 1 is 1.03 bits per heavy atom. The molecule has 7 heteroatoms. The minimum atomic E-state index is -0.900. The number of carbonyl (C=O) groups is 2. The van der Waals surface area contributed by atoms with Crippen LogP contribution in [0.25, 0.3) is 22.2 Å². The van der Waals surface area contributed by atoms with Crippen LogP contribution in [0.2, 0.25) is 0 Å². The summed E-state index contributed by atoms with van der Waals surface area (Å²) in [6.07, 6.45) is 0.725. The molecule has 1 amide bonds. The minimum Gasteiger partial charge on any atom is -0.481 e. The number of aromatic nitrogens is 1. The zero-order chi connectivity index (χ0) is 25.1. The number of oxazole rings is 1. The van der Waals surface area contributed by atoms with Gasteiger partial charge in [0.2, 0.25) is 5.89 Å². The van der Waals surface area contributed by atoms with Crippen molar-refractivity contribution in [2.75, 3.05) is 19.7 Å². The number of aryl methyl sites for hydroxylation is 2. The highest BCUT2D eigenvalue weighted by Crippen LogP contribution is 2.33. The molecule has 0 bridgehead atoms. The molecule has 0 saturated carbocycles. The molecule has 184 valence electrons. The van der Waals surface area contributed by atoms with Crippen LogP contribution in [-0.2, 0) is 16.0 Å². The van der Waals surface area contributed by atoms with Gasteiger partial charge in [0.05, 0.1) is 18.2 Å². The molecule has 1 aromatic heterocycles. The molecule has 5 rings (SSSR count). The topological polar surface area (TPSA) is 92.9 Å². The first-order chi connectivity index (χ1) is 17.5. The molecule has 1 fully saturated rings. The second-order valence-electron chi connectivity index (χ2n) is 9.17. The fraction of sp³-hybridized carbons (Fsp3) is 0.276. The molecule has 7 nitrogen and oxygen atoms in total. The van der Waals surface area contributed by atoms with Crippen molar-refractivity contribution in [3.05, 3.63) is 89.8 Å². The first-order valence-electron chi connectivity index (χ1n) is 12.1. The molecular formula is C29H28N2O5. The van der Waals surface area contributed by atoms with Gasteiger partial charge in [-0.1, -0.05) is 60.7 Å². The first kappa shape index (κ1) is 23.6. The van der Waals surface area contributed by atoms with Crippen LogP contribution in [-0.4, -0.2) is 46.7 Å². The minimum absolute atomic E-state index is 0.144. The number of hydrogen-bond donors (Lipinski definition) is 1. The van der Waals surface area contributed by atoms with Crippen LogP contribution < -0.4 is 0 Å². The lowest BCUT2D eigenvalue weighted by Gasteiger charge is -2.16. The Labute approximate surface area is 209 Å². The molecule has 0 spiro atoms. The van der Waals surface area contributed by atoms with Crippen molar-refractivity contribution in [2.45, 2.75) is 25.7 Å². The average molecular weight is 485 g/mol. The van der Waals surface area contributed by atoms with E-state index in [9.17, 15) is 14.7 Å². The van der Waals surface area contributed by atoms with Gasteiger partial charge in [-0.3, -0.25) is 4.79 Å². The summed E-state index contributed by atoms with van der Waals surface area (Å²) in [5, 5.41) is 11.9. The lowest BCUT2D eigenvalue weighted by Crippen LogP contribution is -2.30. The normalized spacial score (nSPS) is 17.4. The monoisotopic (exact) mass is 484 g/mol. The van der Waals surface area contributed by atoms with E-state index in [2.05, 4.69) is 29.2 Å². The summed E-state index contributed by atoms with van der Waals surface area (Å²) in [6, 6.07) is 23.7. The van der Waals surface area contributed by atoms with Crippen molar-refractivity contribution in [3.63, 3.8) is 0 Å². The predicted octanol–water partition coefficient (Wildman–Crippen LogP) is 5.67. The maximum atomic E-state index is 12.6. The molecule has 2 heterocycles. The Balaban J connectivity index is 1.16.